The van der Waals surface area contributed by atoms with Gasteiger partial charge in [0.25, 0.3) is 0 Å². The van der Waals surface area contributed by atoms with Crippen LogP contribution in [-0.4, -0.2) is 11.2 Å². The molecule has 1 atom stereocenters. The molecule has 0 unspecified atom stereocenters. The number of aliphatic hydroxyl groups is 1. The van der Waals surface area contributed by atoms with E-state index in [1.807, 2.05) is 25.1 Å². The SMILES string of the molecule is CC[C@H](C)Oc1ccc(CO)cc1Br. The molecule has 0 aliphatic heterocycles. The van der Waals surface area contributed by atoms with Crippen LogP contribution in [-0.2, 0) is 6.61 Å². The Kier molecular flexibility index (Phi) is 4.42. The summed E-state index contributed by atoms with van der Waals surface area (Å²) in [5, 5.41) is 8.92. The third-order valence-electron chi connectivity index (χ3n) is 2.08. The number of hydrogen-bond acceptors (Lipinski definition) is 2. The molecular formula is C11H15BrO2. The van der Waals surface area contributed by atoms with Crippen LogP contribution in [0, 0.1) is 0 Å². The maximum atomic E-state index is 8.92. The molecule has 0 radical (unpaired) electrons. The number of rotatable bonds is 4. The lowest BCUT2D eigenvalue weighted by molar-refractivity contribution is 0.215. The Hall–Kier alpha value is -0.540. The summed E-state index contributed by atoms with van der Waals surface area (Å²) in [4.78, 5) is 0. The quantitative estimate of drug-likeness (QED) is 0.900. The fourth-order valence-electron chi connectivity index (χ4n) is 1.04. The van der Waals surface area contributed by atoms with Gasteiger partial charge in [0.15, 0.2) is 0 Å². The van der Waals surface area contributed by atoms with Crippen LogP contribution >= 0.6 is 15.9 Å². The second kappa shape index (κ2) is 5.37. The van der Waals surface area contributed by atoms with E-state index in [1.54, 1.807) is 0 Å². The summed E-state index contributed by atoms with van der Waals surface area (Å²) in [5.41, 5.74) is 0.883. The smallest absolute Gasteiger partial charge is 0.133 e. The van der Waals surface area contributed by atoms with E-state index >= 15 is 0 Å². The van der Waals surface area contributed by atoms with Gasteiger partial charge in [0.05, 0.1) is 17.2 Å². The van der Waals surface area contributed by atoms with Crippen molar-refractivity contribution in [3.05, 3.63) is 28.2 Å². The molecule has 0 fully saturated rings. The largest absolute Gasteiger partial charge is 0.490 e. The highest BCUT2D eigenvalue weighted by atomic mass is 79.9. The first-order valence-electron chi connectivity index (χ1n) is 4.73. The summed E-state index contributed by atoms with van der Waals surface area (Å²) in [6.45, 7) is 4.18. The van der Waals surface area contributed by atoms with Gasteiger partial charge in [-0.3, -0.25) is 0 Å². The van der Waals surface area contributed by atoms with Crippen LogP contribution in [0.15, 0.2) is 22.7 Å². The summed E-state index contributed by atoms with van der Waals surface area (Å²) in [7, 11) is 0. The van der Waals surface area contributed by atoms with E-state index in [0.717, 1.165) is 22.2 Å². The van der Waals surface area contributed by atoms with Gasteiger partial charge in [-0.2, -0.15) is 0 Å². The zero-order valence-corrected chi connectivity index (χ0v) is 10.0. The van der Waals surface area contributed by atoms with Crippen molar-refractivity contribution >= 4 is 15.9 Å². The molecule has 0 aromatic heterocycles. The Balaban J connectivity index is 2.78. The highest BCUT2D eigenvalue weighted by Crippen LogP contribution is 2.27. The van der Waals surface area contributed by atoms with Crippen molar-refractivity contribution < 1.29 is 9.84 Å². The molecule has 14 heavy (non-hydrogen) atoms. The Morgan fingerprint density at radius 2 is 2.21 bits per heavy atom. The number of benzene rings is 1. The molecule has 1 aromatic carbocycles. The second-order valence-corrected chi connectivity index (χ2v) is 4.11. The highest BCUT2D eigenvalue weighted by molar-refractivity contribution is 9.10. The molecule has 0 spiro atoms. The Morgan fingerprint density at radius 1 is 1.50 bits per heavy atom. The molecule has 0 aliphatic rings. The molecule has 0 aliphatic carbocycles. The van der Waals surface area contributed by atoms with Crippen molar-refractivity contribution in [3.63, 3.8) is 0 Å². The maximum Gasteiger partial charge on any atom is 0.133 e. The molecule has 2 nitrogen and oxygen atoms in total. The van der Waals surface area contributed by atoms with Crippen LogP contribution in [0.1, 0.15) is 25.8 Å². The van der Waals surface area contributed by atoms with Crippen LogP contribution in [0.2, 0.25) is 0 Å². The van der Waals surface area contributed by atoms with Crippen LogP contribution in [0.25, 0.3) is 0 Å². The molecule has 1 aromatic rings. The van der Waals surface area contributed by atoms with Gasteiger partial charge >= 0.3 is 0 Å². The lowest BCUT2D eigenvalue weighted by Crippen LogP contribution is -2.10. The van der Waals surface area contributed by atoms with Gasteiger partial charge in [0.2, 0.25) is 0 Å². The monoisotopic (exact) mass is 258 g/mol. The fourth-order valence-corrected chi connectivity index (χ4v) is 1.56. The first-order chi connectivity index (χ1) is 6.67. The first kappa shape index (κ1) is 11.5. The second-order valence-electron chi connectivity index (χ2n) is 3.26. The van der Waals surface area contributed by atoms with E-state index in [-0.39, 0.29) is 12.7 Å². The summed E-state index contributed by atoms with van der Waals surface area (Å²) in [6.07, 6.45) is 1.19. The summed E-state index contributed by atoms with van der Waals surface area (Å²) < 4.78 is 6.56. The summed E-state index contributed by atoms with van der Waals surface area (Å²) >= 11 is 3.41. The molecule has 3 heteroatoms. The standard InChI is InChI=1S/C11H15BrO2/c1-3-8(2)14-11-5-4-9(7-13)6-10(11)12/h4-6,8,13H,3,7H2,1-2H3/t8-/m0/s1. The van der Waals surface area contributed by atoms with Crippen molar-refractivity contribution in [2.75, 3.05) is 0 Å². The molecule has 0 saturated carbocycles. The van der Waals surface area contributed by atoms with E-state index in [0.29, 0.717) is 0 Å². The zero-order valence-electron chi connectivity index (χ0n) is 8.46. The van der Waals surface area contributed by atoms with Gasteiger partial charge in [0, 0.05) is 0 Å². The molecule has 1 rings (SSSR count). The Morgan fingerprint density at radius 3 is 2.71 bits per heavy atom. The molecule has 0 heterocycles. The number of halogens is 1. The Labute approximate surface area is 93.0 Å². The average molecular weight is 259 g/mol. The van der Waals surface area contributed by atoms with Crippen molar-refractivity contribution in [3.8, 4) is 5.75 Å². The number of aliphatic hydroxyl groups excluding tert-OH is 1. The van der Waals surface area contributed by atoms with Crippen LogP contribution in [0.5, 0.6) is 5.75 Å². The molecule has 1 N–H and O–H groups in total. The maximum absolute atomic E-state index is 8.92. The minimum absolute atomic E-state index is 0.0577. The zero-order chi connectivity index (χ0) is 10.6. The minimum atomic E-state index is 0.0577. The third kappa shape index (κ3) is 3.00. The molecule has 0 bridgehead atoms. The van der Waals surface area contributed by atoms with E-state index in [2.05, 4.69) is 22.9 Å². The average Bonchev–Trinajstić information content (AvgIpc) is 2.20. The van der Waals surface area contributed by atoms with E-state index in [1.165, 1.54) is 0 Å². The van der Waals surface area contributed by atoms with Gasteiger partial charge in [-0.05, 0) is 47.0 Å². The lowest BCUT2D eigenvalue weighted by Gasteiger charge is -2.14. The van der Waals surface area contributed by atoms with E-state index in [9.17, 15) is 0 Å². The first-order valence-corrected chi connectivity index (χ1v) is 5.52. The van der Waals surface area contributed by atoms with E-state index in [4.69, 9.17) is 9.84 Å². The summed E-state index contributed by atoms with van der Waals surface area (Å²) in [6, 6.07) is 5.61. The number of ether oxygens (including phenoxy) is 1. The normalized spacial score (nSPS) is 12.6. The highest BCUT2D eigenvalue weighted by Gasteiger charge is 2.05. The van der Waals surface area contributed by atoms with Crippen molar-refractivity contribution in [1.29, 1.82) is 0 Å². The van der Waals surface area contributed by atoms with Crippen LogP contribution in [0.4, 0.5) is 0 Å². The van der Waals surface area contributed by atoms with Crippen LogP contribution in [0.3, 0.4) is 0 Å². The topological polar surface area (TPSA) is 29.5 Å². The van der Waals surface area contributed by atoms with Crippen molar-refractivity contribution in [2.45, 2.75) is 33.0 Å². The van der Waals surface area contributed by atoms with Gasteiger partial charge in [-0.1, -0.05) is 13.0 Å². The van der Waals surface area contributed by atoms with Crippen LogP contribution < -0.4 is 4.74 Å². The lowest BCUT2D eigenvalue weighted by atomic mass is 10.2. The van der Waals surface area contributed by atoms with Gasteiger partial charge < -0.3 is 9.84 Å². The number of hydrogen-bond donors (Lipinski definition) is 1. The molecule has 0 amide bonds. The van der Waals surface area contributed by atoms with Gasteiger partial charge in [0.1, 0.15) is 5.75 Å². The molecule has 78 valence electrons. The minimum Gasteiger partial charge on any atom is -0.490 e. The molecular weight excluding hydrogens is 244 g/mol. The van der Waals surface area contributed by atoms with Gasteiger partial charge in [-0.15, -0.1) is 0 Å². The van der Waals surface area contributed by atoms with E-state index < -0.39 is 0 Å². The Bertz CT molecular complexity index is 299. The predicted octanol–water partition coefficient (Wildman–Crippen LogP) is 3.12. The fraction of sp³-hybridized carbons (Fsp3) is 0.455. The predicted molar refractivity (Wildman–Crippen MR) is 60.4 cm³/mol. The van der Waals surface area contributed by atoms with Gasteiger partial charge in [-0.25, -0.2) is 0 Å². The van der Waals surface area contributed by atoms with Crippen molar-refractivity contribution in [2.24, 2.45) is 0 Å². The third-order valence-corrected chi connectivity index (χ3v) is 2.70. The van der Waals surface area contributed by atoms with Crippen molar-refractivity contribution in [1.82, 2.24) is 0 Å². The summed E-state index contributed by atoms with van der Waals surface area (Å²) in [5.74, 6) is 0.830. The molecule has 0 saturated heterocycles.